The molecule has 2 heterocycles. The lowest BCUT2D eigenvalue weighted by Crippen LogP contribution is -2.75. The van der Waals surface area contributed by atoms with Gasteiger partial charge in [-0.05, 0) is 34.5 Å². The molecule has 1 atom stereocenters. The van der Waals surface area contributed by atoms with E-state index in [4.69, 9.17) is 11.6 Å². The van der Waals surface area contributed by atoms with E-state index in [9.17, 15) is 28.0 Å². The van der Waals surface area contributed by atoms with Gasteiger partial charge in [-0.1, -0.05) is 41.1 Å². The molecule has 4 amide bonds. The first kappa shape index (κ1) is 30.2. The van der Waals surface area contributed by atoms with Gasteiger partial charge in [0.1, 0.15) is 54.9 Å². The first-order valence-electron chi connectivity index (χ1n) is 13.0. The molecule has 0 spiro atoms. The van der Waals surface area contributed by atoms with Gasteiger partial charge in [0.2, 0.25) is 19.8 Å². The molecule has 2 aromatic rings. The summed E-state index contributed by atoms with van der Waals surface area (Å²) >= 11 is 5.80. The van der Waals surface area contributed by atoms with E-state index >= 15 is 0 Å². The Morgan fingerprint density at radius 2 is 1.48 bits per heavy atom. The fraction of sp³-hybridized carbons (Fsp3) is 0.273. The molecule has 2 aliphatic rings. The maximum atomic E-state index is 15.0. The van der Waals surface area contributed by atoms with Crippen molar-refractivity contribution in [3.63, 3.8) is 0 Å². The highest BCUT2D eigenvalue weighted by Crippen LogP contribution is 2.57. The van der Waals surface area contributed by atoms with Gasteiger partial charge in [-0.3, -0.25) is 19.2 Å². The standard InChI is InChI=1S/C22H26B8ClF2N3O4/c23-19(24)16(39)36(30)17(40)20(25,22(19,28)29)35-8-9-7-11(3-6-13(9)14(35)37)21(26,27)34-15(38)18(32,33)10-1-4-12(31)5-2-10/h1-7H,8,23-30H2,(H,34,38)/t20-/m0/s1. The number of fused-ring (bicyclic) bond motifs is 1. The number of halogens is 3. The molecular formula is C22H26B8ClF2N3O4. The topological polar surface area (TPSA) is 86.8 Å². The molecule has 1 fully saturated rings. The number of benzene rings is 2. The van der Waals surface area contributed by atoms with Crippen LogP contribution in [0.1, 0.15) is 27.0 Å². The van der Waals surface area contributed by atoms with Gasteiger partial charge in [0, 0.05) is 28.0 Å². The normalized spacial score (nSPS) is 22.2. The number of alkyl halides is 2. The van der Waals surface area contributed by atoms with Crippen LogP contribution in [-0.4, -0.2) is 102 Å². The van der Waals surface area contributed by atoms with Crippen LogP contribution in [0, 0.1) is 0 Å². The fourth-order valence-corrected chi connectivity index (χ4v) is 5.86. The molecular weight excluding hydrogens is 530 g/mol. The van der Waals surface area contributed by atoms with Crippen LogP contribution in [0.25, 0.3) is 0 Å². The van der Waals surface area contributed by atoms with E-state index in [0.717, 1.165) is 16.9 Å². The van der Waals surface area contributed by atoms with Gasteiger partial charge in [-0.2, -0.15) is 8.78 Å². The molecule has 4 rings (SSSR count). The van der Waals surface area contributed by atoms with Crippen LogP contribution in [0.2, 0.25) is 15.5 Å². The van der Waals surface area contributed by atoms with Crippen LogP contribution in [0.15, 0.2) is 42.5 Å². The van der Waals surface area contributed by atoms with Crippen molar-refractivity contribution >= 4 is 98.1 Å². The van der Waals surface area contributed by atoms with Gasteiger partial charge in [-0.15, -0.1) is 0 Å². The third kappa shape index (κ3) is 4.18. The summed E-state index contributed by atoms with van der Waals surface area (Å²) < 4.78 is 29.9. The van der Waals surface area contributed by atoms with Crippen molar-refractivity contribution in [2.45, 2.75) is 33.7 Å². The molecule has 2 aromatic carbocycles. The summed E-state index contributed by atoms with van der Waals surface area (Å²) in [5.74, 6) is -6.43. The van der Waals surface area contributed by atoms with E-state index in [0.29, 0.717) is 16.7 Å². The van der Waals surface area contributed by atoms with E-state index in [2.05, 4.69) is 5.32 Å². The van der Waals surface area contributed by atoms with E-state index in [1.807, 2.05) is 15.7 Å². The number of nitrogens with one attached hydrogen (secondary N) is 1. The maximum Gasteiger partial charge on any atom is 0.349 e. The van der Waals surface area contributed by atoms with Crippen LogP contribution >= 0.6 is 11.6 Å². The average Bonchev–Trinajstić information content (AvgIpc) is 3.22. The van der Waals surface area contributed by atoms with Gasteiger partial charge < -0.3 is 15.0 Å². The van der Waals surface area contributed by atoms with Crippen LogP contribution in [0.5, 0.6) is 0 Å². The van der Waals surface area contributed by atoms with Crippen molar-refractivity contribution in [1.82, 2.24) is 15.0 Å². The van der Waals surface area contributed by atoms with E-state index in [1.54, 1.807) is 57.4 Å². The summed E-state index contributed by atoms with van der Waals surface area (Å²) in [5, 5.41) is -0.399. The SMILES string of the molecule is BN1C(=O)C(B)(B)C(B)(B)[C@@](B)(N2Cc3cc(C(B)(B)NC(=O)C(F)(F)c4ccc(Cl)cc4)ccc3C2=O)C1=O. The van der Waals surface area contributed by atoms with Crippen molar-refractivity contribution in [1.29, 1.82) is 0 Å². The summed E-state index contributed by atoms with van der Waals surface area (Å²) in [7, 11) is 13.5. The Balaban J connectivity index is 1.65. The van der Waals surface area contributed by atoms with Gasteiger partial charge in [0.25, 0.3) is 11.8 Å². The summed E-state index contributed by atoms with van der Waals surface area (Å²) in [5.41, 5.74) is -0.358. The molecule has 18 heteroatoms. The molecule has 0 aromatic heterocycles. The molecule has 0 saturated carbocycles. The van der Waals surface area contributed by atoms with Gasteiger partial charge in [-0.25, -0.2) is 0 Å². The summed E-state index contributed by atoms with van der Waals surface area (Å²) in [6.45, 7) is 0.0801. The van der Waals surface area contributed by atoms with Crippen LogP contribution < -0.4 is 5.32 Å². The number of imide groups is 1. The molecule has 2 aliphatic heterocycles. The lowest BCUT2D eigenvalue weighted by atomic mass is 9.21. The molecule has 0 radical (unpaired) electrons. The predicted molar refractivity (Wildman–Crippen MR) is 170 cm³/mol. The van der Waals surface area contributed by atoms with Crippen LogP contribution in [0.4, 0.5) is 8.78 Å². The number of carbonyl (C=O) groups excluding carboxylic acids is 4. The number of nitrogens with zero attached hydrogens (tertiary/aromatic N) is 2. The second kappa shape index (κ2) is 9.36. The van der Waals surface area contributed by atoms with Crippen molar-refractivity contribution < 1.29 is 28.0 Å². The highest BCUT2D eigenvalue weighted by Gasteiger charge is 2.65. The smallest absolute Gasteiger partial charge is 0.349 e. The third-order valence-electron chi connectivity index (χ3n) is 9.43. The Bertz CT molecular complexity index is 1460. The van der Waals surface area contributed by atoms with Crippen molar-refractivity contribution in [3.05, 3.63) is 69.7 Å². The quantitative estimate of drug-likeness (QED) is 0.295. The minimum absolute atomic E-state index is 0.0801. The fourth-order valence-electron chi connectivity index (χ4n) is 5.73. The third-order valence-corrected chi connectivity index (χ3v) is 9.68. The molecule has 1 saturated heterocycles. The number of rotatable bonds is 5. The number of hydrogen-bond donors (Lipinski definition) is 1. The number of amides is 4. The number of carbonyl (C=O) groups is 4. The van der Waals surface area contributed by atoms with E-state index in [-0.39, 0.29) is 23.4 Å². The first-order valence-corrected chi connectivity index (χ1v) is 13.3. The molecule has 198 valence electrons. The molecule has 0 aliphatic carbocycles. The Morgan fingerprint density at radius 3 is 2.05 bits per heavy atom. The van der Waals surface area contributed by atoms with Crippen LogP contribution in [0.3, 0.4) is 0 Å². The Labute approximate surface area is 244 Å². The second-order valence-electron chi connectivity index (χ2n) is 12.4. The summed E-state index contributed by atoms with van der Waals surface area (Å²) in [6, 6.07) is 9.67. The minimum atomic E-state index is -3.80. The molecule has 0 unspecified atom stereocenters. The Morgan fingerprint density at radius 1 is 0.925 bits per heavy atom. The number of hydrogen-bond acceptors (Lipinski definition) is 4. The molecule has 7 nitrogen and oxygen atoms in total. The predicted octanol–water partition coefficient (Wildman–Crippen LogP) is -5.41. The summed E-state index contributed by atoms with van der Waals surface area (Å²) in [6.07, 6.45) is 0. The monoisotopic (exact) mass is 557 g/mol. The largest absolute Gasteiger partial charge is 0.357 e. The van der Waals surface area contributed by atoms with E-state index < -0.39 is 44.5 Å². The van der Waals surface area contributed by atoms with Crippen molar-refractivity contribution in [3.8, 4) is 0 Å². The summed E-state index contributed by atoms with van der Waals surface area (Å²) in [4.78, 5) is 55.6. The van der Waals surface area contributed by atoms with Crippen molar-refractivity contribution in [2.24, 2.45) is 0 Å². The molecule has 40 heavy (non-hydrogen) atoms. The maximum absolute atomic E-state index is 15.0. The second-order valence-corrected chi connectivity index (χ2v) is 12.9. The zero-order chi connectivity index (χ0) is 30.2. The minimum Gasteiger partial charge on any atom is -0.357 e. The van der Waals surface area contributed by atoms with E-state index in [1.165, 1.54) is 25.0 Å². The highest BCUT2D eigenvalue weighted by molar-refractivity contribution is 6.68. The van der Waals surface area contributed by atoms with Crippen molar-refractivity contribution in [2.75, 3.05) is 0 Å². The lowest BCUT2D eigenvalue weighted by Gasteiger charge is -2.61. The van der Waals surface area contributed by atoms with Gasteiger partial charge >= 0.3 is 5.92 Å². The Hall–Kier alpha value is -2.81. The number of piperidine rings is 1. The van der Waals surface area contributed by atoms with Crippen LogP contribution in [-0.2, 0) is 32.2 Å². The molecule has 1 N–H and O–H groups in total. The van der Waals surface area contributed by atoms with Gasteiger partial charge in [0.05, 0.1) is 5.44 Å². The lowest BCUT2D eigenvalue weighted by molar-refractivity contribution is -0.149. The highest BCUT2D eigenvalue weighted by atomic mass is 35.5. The first-order chi connectivity index (χ1) is 18.2. The Kier molecular flexibility index (Phi) is 7.06. The van der Waals surface area contributed by atoms with Gasteiger partial charge in [0.15, 0.2) is 0 Å². The zero-order valence-electron chi connectivity index (χ0n) is 23.9. The zero-order valence-corrected chi connectivity index (χ0v) is 24.7. The molecule has 0 bridgehead atoms. The average molecular weight is 556 g/mol.